The summed E-state index contributed by atoms with van der Waals surface area (Å²) in [6.45, 7) is 13.1. The number of hydrogen-bond acceptors (Lipinski definition) is 4. The average molecular weight is 1030 g/mol. The van der Waals surface area contributed by atoms with Gasteiger partial charge in [-0.25, -0.2) is 9.97 Å². The van der Waals surface area contributed by atoms with Crippen LogP contribution >= 0.6 is 0 Å². The second kappa shape index (κ2) is 19.9. The van der Waals surface area contributed by atoms with Gasteiger partial charge in [-0.3, -0.25) is 0 Å². The molecule has 0 saturated heterocycles. The van der Waals surface area contributed by atoms with Crippen LogP contribution in [0.2, 0.25) is 0 Å². The Hall–Kier alpha value is -7.17. The number of aryl methyl sites for hydroxylation is 3. The topological polar surface area (TPSA) is 51.6 Å². The van der Waals surface area contributed by atoms with E-state index in [0.29, 0.717) is 5.82 Å². The van der Waals surface area contributed by atoms with Crippen LogP contribution in [0, 0.1) is 32.9 Å². The van der Waals surface area contributed by atoms with Gasteiger partial charge in [0.05, 0.1) is 5.52 Å². The molecule has 0 aliphatic carbocycles. The van der Waals surface area contributed by atoms with E-state index >= 15 is 0 Å². The summed E-state index contributed by atoms with van der Waals surface area (Å²) >= 11 is 0. The second-order valence-electron chi connectivity index (χ2n) is 17.6. The number of aromatic nitrogens is 4. The van der Waals surface area contributed by atoms with Crippen molar-refractivity contribution in [1.82, 2.24) is 19.9 Å². The molecule has 325 valence electrons. The fraction of sp³-hybridized carbons (Fsp3) is 0.115. The molecule has 4 nitrogen and oxygen atoms in total. The maximum atomic E-state index is 5.30. The maximum Gasteiger partial charge on any atom is 0.159 e. The molecule has 3 heterocycles. The standard InChI is InChI=1S/C49H40N3.C12H10N.Ir/c1-32-19-20-42(33(2)25-32)39-27-38(34-13-8-6-9-14-34)28-40(29-39)43-21-22-44(47-45(43)31-51-48(52-47)35-15-10-7-11-16-35)36-17-12-18-37(26-36)46-30-41(23-24-50-46)49(3,4)5;1-10-7-8-13-12(9-10)11-5-3-2-4-6-11;/h6-17,19-31H,1-5H3;2-5,7-9H,1H3;/q2*-1;. The summed E-state index contributed by atoms with van der Waals surface area (Å²) in [6.07, 6.45) is 5.72. The van der Waals surface area contributed by atoms with Gasteiger partial charge in [-0.05, 0) is 118 Å². The van der Waals surface area contributed by atoms with Gasteiger partial charge in [-0.15, -0.1) is 65.7 Å². The van der Waals surface area contributed by atoms with E-state index in [1.807, 2.05) is 73.2 Å². The predicted octanol–water partition coefficient (Wildman–Crippen LogP) is 15.6. The zero-order valence-corrected chi connectivity index (χ0v) is 40.5. The van der Waals surface area contributed by atoms with Gasteiger partial charge >= 0.3 is 0 Å². The SMILES string of the molecule is Cc1ccc(-c2cc(-c3ccccc3)cc(-c3ccc(-c4cc[c-]c(-c5cc(C(C)(C)C)ccn5)c4)c4nc(-c5ccccc5)ncc34)c2)c(C)c1.Cc1ccnc(-c2[c-]cccc2)c1.[Ir]. The molecule has 1 radical (unpaired) electrons. The molecule has 0 aliphatic heterocycles. The third kappa shape index (κ3) is 10.2. The van der Waals surface area contributed by atoms with Gasteiger partial charge in [0.25, 0.3) is 0 Å². The zero-order valence-electron chi connectivity index (χ0n) is 38.1. The first-order valence-electron chi connectivity index (χ1n) is 22.1. The third-order valence-electron chi connectivity index (χ3n) is 11.7. The molecule has 0 spiro atoms. The van der Waals surface area contributed by atoms with Crippen LogP contribution in [-0.2, 0) is 25.5 Å². The van der Waals surface area contributed by atoms with Gasteiger partial charge in [0.2, 0.25) is 0 Å². The Labute approximate surface area is 402 Å². The monoisotopic (exact) mass is 1030 g/mol. The average Bonchev–Trinajstić information content (AvgIpc) is 3.34. The van der Waals surface area contributed by atoms with Crippen molar-refractivity contribution in [3.05, 3.63) is 229 Å². The molecule has 0 bridgehead atoms. The van der Waals surface area contributed by atoms with Crippen molar-refractivity contribution in [2.75, 3.05) is 0 Å². The number of pyridine rings is 2. The van der Waals surface area contributed by atoms with E-state index in [0.717, 1.165) is 61.2 Å². The summed E-state index contributed by atoms with van der Waals surface area (Å²) in [4.78, 5) is 19.3. The van der Waals surface area contributed by atoms with E-state index in [4.69, 9.17) is 15.0 Å². The number of rotatable bonds is 7. The van der Waals surface area contributed by atoms with Crippen LogP contribution in [-0.4, -0.2) is 19.9 Å². The molecule has 7 aromatic carbocycles. The van der Waals surface area contributed by atoms with E-state index < -0.39 is 0 Å². The van der Waals surface area contributed by atoms with Crippen molar-refractivity contribution in [3.8, 4) is 78.4 Å². The van der Waals surface area contributed by atoms with Crippen LogP contribution < -0.4 is 0 Å². The first kappa shape index (κ1) is 45.4. The van der Waals surface area contributed by atoms with Gasteiger partial charge in [0.1, 0.15) is 0 Å². The Morgan fingerprint density at radius 3 is 1.76 bits per heavy atom. The van der Waals surface area contributed by atoms with Crippen LogP contribution in [0.3, 0.4) is 0 Å². The molecular weight excluding hydrogens is 981 g/mol. The van der Waals surface area contributed by atoms with Gasteiger partial charge in [-0.2, -0.15) is 0 Å². The smallest absolute Gasteiger partial charge is 0.159 e. The third-order valence-corrected chi connectivity index (χ3v) is 11.7. The number of benzene rings is 7. The van der Waals surface area contributed by atoms with Crippen LogP contribution in [0.1, 0.15) is 43.0 Å². The molecule has 3 aromatic heterocycles. The molecule has 66 heavy (non-hydrogen) atoms. The van der Waals surface area contributed by atoms with Gasteiger partial charge < -0.3 is 9.97 Å². The molecule has 0 unspecified atom stereocenters. The molecule has 5 heteroatoms. The molecule has 10 aromatic rings. The number of nitrogens with zero attached hydrogens (tertiary/aromatic N) is 4. The fourth-order valence-corrected chi connectivity index (χ4v) is 8.27. The molecule has 10 rings (SSSR count). The van der Waals surface area contributed by atoms with Crippen molar-refractivity contribution >= 4 is 10.9 Å². The van der Waals surface area contributed by atoms with E-state index in [1.54, 1.807) is 0 Å². The summed E-state index contributed by atoms with van der Waals surface area (Å²) < 4.78 is 0. The summed E-state index contributed by atoms with van der Waals surface area (Å²) in [5, 5.41) is 0.996. The van der Waals surface area contributed by atoms with E-state index in [1.165, 1.54) is 44.5 Å². The number of fused-ring (bicyclic) bond motifs is 1. The minimum Gasteiger partial charge on any atom is -0.305 e. The molecule has 0 fully saturated rings. The van der Waals surface area contributed by atoms with Gasteiger partial charge in [-0.1, -0.05) is 141 Å². The van der Waals surface area contributed by atoms with Crippen molar-refractivity contribution in [3.63, 3.8) is 0 Å². The van der Waals surface area contributed by atoms with Crippen molar-refractivity contribution < 1.29 is 20.1 Å². The molecule has 0 amide bonds. The Morgan fingerprint density at radius 2 is 1.06 bits per heavy atom. The normalized spacial score (nSPS) is 11.1. The number of hydrogen-bond donors (Lipinski definition) is 0. The fourth-order valence-electron chi connectivity index (χ4n) is 8.27. The van der Waals surface area contributed by atoms with Crippen molar-refractivity contribution in [2.24, 2.45) is 0 Å². The van der Waals surface area contributed by atoms with Crippen LogP contribution in [0.4, 0.5) is 0 Å². The quantitative estimate of drug-likeness (QED) is 0.149. The largest absolute Gasteiger partial charge is 0.305 e. The van der Waals surface area contributed by atoms with Crippen LogP contribution in [0.15, 0.2) is 195 Å². The predicted molar refractivity (Wildman–Crippen MR) is 270 cm³/mol. The summed E-state index contributed by atoms with van der Waals surface area (Å²) in [7, 11) is 0. The van der Waals surface area contributed by atoms with Crippen LogP contribution in [0.5, 0.6) is 0 Å². The van der Waals surface area contributed by atoms with Crippen molar-refractivity contribution in [2.45, 2.75) is 47.0 Å². The minimum atomic E-state index is 0. The summed E-state index contributed by atoms with van der Waals surface area (Å²) in [5.41, 5.74) is 19.8. The molecule has 0 aliphatic rings. The summed E-state index contributed by atoms with van der Waals surface area (Å²) in [5.74, 6) is 0.697. The maximum absolute atomic E-state index is 5.30. The van der Waals surface area contributed by atoms with E-state index in [9.17, 15) is 0 Å². The zero-order chi connectivity index (χ0) is 44.9. The first-order chi connectivity index (χ1) is 31.6. The first-order valence-corrected chi connectivity index (χ1v) is 22.1. The summed E-state index contributed by atoms with van der Waals surface area (Å²) in [6, 6.07) is 68.0. The van der Waals surface area contributed by atoms with E-state index in [-0.39, 0.29) is 25.5 Å². The molecular formula is C61H50IrN4-2. The Morgan fingerprint density at radius 1 is 0.439 bits per heavy atom. The van der Waals surface area contributed by atoms with Gasteiger partial charge in [0, 0.05) is 49.6 Å². The Kier molecular flexibility index (Phi) is 13.7. The molecule has 0 atom stereocenters. The Balaban J connectivity index is 0.000000363. The van der Waals surface area contributed by atoms with Crippen LogP contribution in [0.25, 0.3) is 89.3 Å². The van der Waals surface area contributed by atoms with Gasteiger partial charge in [0.15, 0.2) is 5.82 Å². The minimum absolute atomic E-state index is 0. The van der Waals surface area contributed by atoms with E-state index in [2.05, 4.69) is 180 Å². The Bertz CT molecular complexity index is 3270. The molecule has 0 N–H and O–H groups in total. The van der Waals surface area contributed by atoms with Crippen molar-refractivity contribution in [1.29, 1.82) is 0 Å². The molecule has 0 saturated carbocycles. The second-order valence-corrected chi connectivity index (χ2v) is 17.6.